The van der Waals surface area contributed by atoms with Crippen LogP contribution in [-0.4, -0.2) is 49.8 Å². The molecule has 1 fully saturated rings. The van der Waals surface area contributed by atoms with Gasteiger partial charge in [-0.05, 0) is 68.7 Å². The van der Waals surface area contributed by atoms with Gasteiger partial charge < -0.3 is 15.4 Å². The number of benzene rings is 3. The maximum atomic E-state index is 13.3. The fourth-order valence-electron chi connectivity index (χ4n) is 4.79. The highest BCUT2D eigenvalue weighted by Gasteiger charge is 2.40. The molecule has 1 aliphatic rings. The van der Waals surface area contributed by atoms with Crippen LogP contribution in [0.25, 0.3) is 0 Å². The highest BCUT2D eigenvalue weighted by molar-refractivity contribution is 7.89. The van der Waals surface area contributed by atoms with E-state index in [1.807, 2.05) is 6.92 Å². The number of sulfonamides is 1. The Hall–Kier alpha value is -3.90. The number of nitrogens with one attached hydrogen (secondary N) is 2. The van der Waals surface area contributed by atoms with Crippen LogP contribution in [0.3, 0.4) is 0 Å². The number of anilines is 2. The number of aryl methyl sites for hydroxylation is 1. The Bertz CT molecular complexity index is 1510. The second-order valence-electron chi connectivity index (χ2n) is 9.97. The fourth-order valence-corrected chi connectivity index (χ4v) is 6.45. The summed E-state index contributed by atoms with van der Waals surface area (Å²) in [4.78, 5) is 26.2. The van der Waals surface area contributed by atoms with Crippen LogP contribution in [0.2, 0.25) is 0 Å². The minimum Gasteiger partial charge on any atom is -0.464 e. The molecule has 0 spiro atoms. The molecule has 0 aromatic heterocycles. The van der Waals surface area contributed by atoms with Crippen molar-refractivity contribution >= 4 is 33.3 Å². The first-order valence-electron chi connectivity index (χ1n) is 13.5. The van der Waals surface area contributed by atoms with E-state index in [-0.39, 0.29) is 30.2 Å². The molecular formula is C30H32F3N3O5S. The van der Waals surface area contributed by atoms with Gasteiger partial charge >= 0.3 is 12.1 Å². The Morgan fingerprint density at radius 3 is 2.33 bits per heavy atom. The van der Waals surface area contributed by atoms with Crippen LogP contribution < -0.4 is 10.6 Å². The Kier molecular flexibility index (Phi) is 9.57. The van der Waals surface area contributed by atoms with Gasteiger partial charge in [-0.2, -0.15) is 17.5 Å². The van der Waals surface area contributed by atoms with E-state index in [0.717, 1.165) is 15.9 Å². The Balaban J connectivity index is 1.48. The normalized spacial score (nSPS) is 16.5. The standard InChI is InChI=1S/C30H32F3N3O5S/c1-3-41-29(38)26(19-21-12-14-22(15-13-21)34-25-8-5-4-7-24(25)30(31,32)33)35-28(37)27-9-6-18-36(27)42(39,40)23-16-10-20(2)11-17-23/h4-5,7-8,10-17,26-27,34H,3,6,9,18-19H2,1-2H3,(H,35,37)/t26-,27-/m0/s1. The van der Waals surface area contributed by atoms with Gasteiger partial charge in [0.05, 0.1) is 22.8 Å². The summed E-state index contributed by atoms with van der Waals surface area (Å²) in [5.41, 5.74) is 1.01. The third kappa shape index (κ3) is 7.29. The van der Waals surface area contributed by atoms with Crippen molar-refractivity contribution in [3.8, 4) is 0 Å². The maximum Gasteiger partial charge on any atom is 0.418 e. The van der Waals surface area contributed by atoms with Crippen LogP contribution in [0.15, 0.2) is 77.7 Å². The molecule has 8 nitrogen and oxygen atoms in total. The topological polar surface area (TPSA) is 105 Å². The van der Waals surface area contributed by atoms with Crippen molar-refractivity contribution in [3.63, 3.8) is 0 Å². The predicted molar refractivity (Wildman–Crippen MR) is 152 cm³/mol. The van der Waals surface area contributed by atoms with Crippen molar-refractivity contribution in [2.75, 3.05) is 18.5 Å². The lowest BCUT2D eigenvalue weighted by atomic mass is 10.0. The predicted octanol–water partition coefficient (Wildman–Crippen LogP) is 5.20. The molecule has 0 radical (unpaired) electrons. The number of carbonyl (C=O) groups excluding carboxylic acids is 2. The molecular weight excluding hydrogens is 571 g/mol. The summed E-state index contributed by atoms with van der Waals surface area (Å²) in [6.07, 6.45) is -3.71. The van der Waals surface area contributed by atoms with E-state index in [2.05, 4.69) is 10.6 Å². The lowest BCUT2D eigenvalue weighted by Gasteiger charge is -2.25. The summed E-state index contributed by atoms with van der Waals surface area (Å²) < 4.78 is 73.0. The molecule has 224 valence electrons. The molecule has 0 saturated carbocycles. The van der Waals surface area contributed by atoms with Gasteiger partial charge in [-0.3, -0.25) is 4.79 Å². The molecule has 12 heteroatoms. The van der Waals surface area contributed by atoms with Gasteiger partial charge in [0.25, 0.3) is 0 Å². The van der Waals surface area contributed by atoms with E-state index in [0.29, 0.717) is 24.1 Å². The van der Waals surface area contributed by atoms with Gasteiger partial charge in [0.2, 0.25) is 15.9 Å². The average Bonchev–Trinajstić information content (AvgIpc) is 3.45. The number of hydrogen-bond donors (Lipinski definition) is 2. The van der Waals surface area contributed by atoms with E-state index in [1.54, 1.807) is 43.3 Å². The summed E-state index contributed by atoms with van der Waals surface area (Å²) in [5.74, 6) is -1.29. The third-order valence-corrected chi connectivity index (χ3v) is 8.85. The molecule has 4 rings (SSSR count). The monoisotopic (exact) mass is 603 g/mol. The summed E-state index contributed by atoms with van der Waals surface area (Å²) in [5, 5.41) is 5.44. The van der Waals surface area contributed by atoms with E-state index in [9.17, 15) is 31.2 Å². The molecule has 3 aromatic rings. The molecule has 0 bridgehead atoms. The van der Waals surface area contributed by atoms with E-state index in [4.69, 9.17) is 4.74 Å². The smallest absolute Gasteiger partial charge is 0.418 e. The SMILES string of the molecule is CCOC(=O)[C@H](Cc1ccc(Nc2ccccc2C(F)(F)F)cc1)NC(=O)[C@@H]1CCCN1S(=O)(=O)c1ccc(C)cc1. The number of rotatable bonds is 10. The zero-order valence-corrected chi connectivity index (χ0v) is 24.0. The van der Waals surface area contributed by atoms with Crippen LogP contribution in [0, 0.1) is 6.92 Å². The van der Waals surface area contributed by atoms with Crippen molar-refractivity contribution in [3.05, 3.63) is 89.5 Å². The zero-order chi connectivity index (χ0) is 30.5. The van der Waals surface area contributed by atoms with Crippen molar-refractivity contribution in [1.29, 1.82) is 0 Å². The summed E-state index contributed by atoms with van der Waals surface area (Å²) >= 11 is 0. The van der Waals surface area contributed by atoms with Crippen LogP contribution in [0.5, 0.6) is 0 Å². The molecule has 2 atom stereocenters. The Morgan fingerprint density at radius 1 is 1.02 bits per heavy atom. The van der Waals surface area contributed by atoms with Gasteiger partial charge in [0.15, 0.2) is 0 Å². The second-order valence-corrected chi connectivity index (χ2v) is 11.9. The lowest BCUT2D eigenvalue weighted by Crippen LogP contribution is -2.51. The first-order valence-corrected chi connectivity index (χ1v) is 14.9. The third-order valence-electron chi connectivity index (χ3n) is 6.93. The van der Waals surface area contributed by atoms with Crippen molar-refractivity contribution in [1.82, 2.24) is 9.62 Å². The van der Waals surface area contributed by atoms with Crippen LogP contribution in [-0.2, 0) is 36.9 Å². The molecule has 42 heavy (non-hydrogen) atoms. The first-order chi connectivity index (χ1) is 19.9. The number of para-hydroxylation sites is 1. The summed E-state index contributed by atoms with van der Waals surface area (Å²) in [6, 6.07) is 15.8. The Labute approximate surface area is 242 Å². The fraction of sp³-hybridized carbons (Fsp3) is 0.333. The molecule has 1 amide bonds. The molecule has 0 unspecified atom stereocenters. The highest BCUT2D eigenvalue weighted by atomic mass is 32.2. The number of carbonyl (C=O) groups is 2. The molecule has 2 N–H and O–H groups in total. The highest BCUT2D eigenvalue weighted by Crippen LogP contribution is 2.36. The van der Waals surface area contributed by atoms with Crippen LogP contribution in [0.1, 0.15) is 36.5 Å². The van der Waals surface area contributed by atoms with Gasteiger partial charge in [-0.1, -0.05) is 42.0 Å². The number of alkyl halides is 3. The van der Waals surface area contributed by atoms with Crippen molar-refractivity contribution < 1.29 is 35.9 Å². The number of ether oxygens (including phenoxy) is 1. The average molecular weight is 604 g/mol. The summed E-state index contributed by atoms with van der Waals surface area (Å²) in [6.45, 7) is 3.71. The number of hydrogen-bond acceptors (Lipinski definition) is 6. The minimum atomic E-state index is -4.52. The van der Waals surface area contributed by atoms with E-state index < -0.39 is 45.7 Å². The van der Waals surface area contributed by atoms with Crippen LogP contribution in [0.4, 0.5) is 24.5 Å². The Morgan fingerprint density at radius 2 is 1.69 bits per heavy atom. The molecule has 1 saturated heterocycles. The molecule has 0 aliphatic carbocycles. The van der Waals surface area contributed by atoms with Crippen molar-refractivity contribution in [2.24, 2.45) is 0 Å². The van der Waals surface area contributed by atoms with E-state index >= 15 is 0 Å². The number of nitrogens with zero attached hydrogens (tertiary/aromatic N) is 1. The largest absolute Gasteiger partial charge is 0.464 e. The second kappa shape index (κ2) is 13.0. The lowest BCUT2D eigenvalue weighted by molar-refractivity contribution is -0.147. The quantitative estimate of drug-likeness (QED) is 0.309. The summed E-state index contributed by atoms with van der Waals surface area (Å²) in [7, 11) is -3.94. The van der Waals surface area contributed by atoms with Gasteiger partial charge in [0.1, 0.15) is 12.1 Å². The first kappa shape index (κ1) is 31.0. The zero-order valence-electron chi connectivity index (χ0n) is 23.1. The van der Waals surface area contributed by atoms with Gasteiger partial charge in [-0.25, -0.2) is 13.2 Å². The number of halogens is 3. The number of esters is 1. The van der Waals surface area contributed by atoms with Gasteiger partial charge in [-0.15, -0.1) is 0 Å². The van der Waals surface area contributed by atoms with Gasteiger partial charge in [0, 0.05) is 18.7 Å². The van der Waals surface area contributed by atoms with Crippen molar-refractivity contribution in [2.45, 2.75) is 56.3 Å². The molecule has 3 aromatic carbocycles. The van der Waals surface area contributed by atoms with E-state index in [1.165, 1.54) is 30.3 Å². The molecule has 1 heterocycles. The van der Waals surface area contributed by atoms with Crippen LogP contribution >= 0.6 is 0 Å². The number of amides is 1. The molecule has 1 aliphatic heterocycles. The minimum absolute atomic E-state index is 0.0292. The maximum absolute atomic E-state index is 13.3.